The van der Waals surface area contributed by atoms with Crippen molar-refractivity contribution in [1.29, 1.82) is 0 Å². The van der Waals surface area contributed by atoms with Gasteiger partial charge in [0.25, 0.3) is 11.8 Å². The number of ether oxygens (including phenoxy) is 1. The first-order valence-corrected chi connectivity index (χ1v) is 8.07. The molecule has 2 amide bonds. The highest BCUT2D eigenvalue weighted by atomic mass is 16.5. The molecular formula is C19H18N4O3. The maximum atomic E-state index is 12.5. The molecule has 0 fully saturated rings. The summed E-state index contributed by atoms with van der Waals surface area (Å²) in [4.78, 5) is 23.6. The number of anilines is 1. The zero-order chi connectivity index (χ0) is 18.5. The molecule has 0 spiro atoms. The Bertz CT molecular complexity index is 932. The molecule has 7 heteroatoms. The van der Waals surface area contributed by atoms with Crippen LogP contribution in [0.5, 0.6) is 5.75 Å². The number of amides is 2. The van der Waals surface area contributed by atoms with E-state index in [0.29, 0.717) is 23.6 Å². The average molecular weight is 350 g/mol. The smallest absolute Gasteiger partial charge is 0.269 e. The van der Waals surface area contributed by atoms with Crippen LogP contribution in [0.4, 0.5) is 5.69 Å². The predicted octanol–water partition coefficient (Wildman–Crippen LogP) is 2.62. The van der Waals surface area contributed by atoms with Crippen LogP contribution in [0, 0.1) is 0 Å². The van der Waals surface area contributed by atoms with Crippen LogP contribution < -0.4 is 15.8 Å². The van der Waals surface area contributed by atoms with Crippen molar-refractivity contribution < 1.29 is 14.3 Å². The fourth-order valence-electron chi connectivity index (χ4n) is 2.43. The van der Waals surface area contributed by atoms with Gasteiger partial charge in [0, 0.05) is 11.9 Å². The Labute approximate surface area is 150 Å². The number of carbonyl (C=O) groups excluding carboxylic acids is 2. The Morgan fingerprint density at radius 1 is 1.12 bits per heavy atom. The van der Waals surface area contributed by atoms with Crippen molar-refractivity contribution >= 4 is 17.5 Å². The number of para-hydroxylation sites is 1. The molecule has 0 saturated heterocycles. The second-order valence-corrected chi connectivity index (χ2v) is 5.44. The number of nitrogens with one attached hydrogen (secondary N) is 1. The molecule has 0 unspecified atom stereocenters. The number of primary amides is 1. The van der Waals surface area contributed by atoms with Crippen molar-refractivity contribution in [3.8, 4) is 11.4 Å². The third kappa shape index (κ3) is 3.72. The lowest BCUT2D eigenvalue weighted by Gasteiger charge is -2.11. The normalized spacial score (nSPS) is 10.3. The summed E-state index contributed by atoms with van der Waals surface area (Å²) in [6.07, 6.45) is 1.64. The summed E-state index contributed by atoms with van der Waals surface area (Å²) in [6.45, 7) is 2.35. The van der Waals surface area contributed by atoms with Crippen molar-refractivity contribution in [2.24, 2.45) is 5.73 Å². The quantitative estimate of drug-likeness (QED) is 0.714. The minimum absolute atomic E-state index is 0.190. The number of hydrogen-bond acceptors (Lipinski definition) is 4. The van der Waals surface area contributed by atoms with Gasteiger partial charge in [0.05, 0.1) is 17.9 Å². The molecule has 0 bridgehead atoms. The number of benzene rings is 2. The zero-order valence-corrected chi connectivity index (χ0v) is 14.2. The van der Waals surface area contributed by atoms with E-state index in [2.05, 4.69) is 10.4 Å². The van der Waals surface area contributed by atoms with Crippen LogP contribution >= 0.6 is 0 Å². The number of nitrogens with zero attached hydrogens (tertiary/aromatic N) is 2. The summed E-state index contributed by atoms with van der Waals surface area (Å²) in [6, 6.07) is 15.7. The van der Waals surface area contributed by atoms with E-state index >= 15 is 0 Å². The monoisotopic (exact) mass is 350 g/mol. The first-order chi connectivity index (χ1) is 12.6. The SMILES string of the molecule is CCOc1ccccc1C(=O)Nc1ccc(-n2ccc(C(N)=O)n2)cc1. The van der Waals surface area contributed by atoms with E-state index in [1.165, 1.54) is 4.68 Å². The number of carbonyl (C=O) groups is 2. The van der Waals surface area contributed by atoms with Gasteiger partial charge in [-0.15, -0.1) is 0 Å². The number of nitrogens with two attached hydrogens (primary N) is 1. The minimum atomic E-state index is -0.583. The van der Waals surface area contributed by atoms with Crippen LogP contribution in [0.15, 0.2) is 60.8 Å². The van der Waals surface area contributed by atoms with E-state index in [0.717, 1.165) is 5.69 Å². The number of hydrogen-bond donors (Lipinski definition) is 2. The molecule has 3 rings (SSSR count). The highest BCUT2D eigenvalue weighted by molar-refractivity contribution is 6.06. The Kier molecular flexibility index (Phi) is 4.98. The Morgan fingerprint density at radius 3 is 2.50 bits per heavy atom. The summed E-state index contributed by atoms with van der Waals surface area (Å²) in [7, 11) is 0. The van der Waals surface area contributed by atoms with Gasteiger partial charge in [-0.25, -0.2) is 4.68 Å². The maximum Gasteiger partial charge on any atom is 0.269 e. The van der Waals surface area contributed by atoms with Gasteiger partial charge < -0.3 is 15.8 Å². The molecule has 0 aliphatic rings. The number of rotatable bonds is 6. The van der Waals surface area contributed by atoms with Gasteiger partial charge in [-0.3, -0.25) is 9.59 Å². The van der Waals surface area contributed by atoms with Crippen molar-refractivity contribution in [3.05, 3.63) is 72.1 Å². The molecule has 0 radical (unpaired) electrons. The maximum absolute atomic E-state index is 12.5. The molecule has 3 N–H and O–H groups in total. The van der Waals surface area contributed by atoms with Gasteiger partial charge >= 0.3 is 0 Å². The molecule has 1 aromatic heterocycles. The first kappa shape index (κ1) is 17.2. The van der Waals surface area contributed by atoms with Crippen LogP contribution in [0.2, 0.25) is 0 Å². The van der Waals surface area contributed by atoms with Crippen molar-refractivity contribution in [1.82, 2.24) is 9.78 Å². The second-order valence-electron chi connectivity index (χ2n) is 5.44. The molecule has 7 nitrogen and oxygen atoms in total. The Morgan fingerprint density at radius 2 is 1.85 bits per heavy atom. The molecule has 0 atom stereocenters. The predicted molar refractivity (Wildman–Crippen MR) is 97.6 cm³/mol. The summed E-state index contributed by atoms with van der Waals surface area (Å²) < 4.78 is 7.02. The van der Waals surface area contributed by atoms with Crippen LogP contribution in [-0.4, -0.2) is 28.2 Å². The van der Waals surface area contributed by atoms with Gasteiger partial charge in [-0.2, -0.15) is 5.10 Å². The zero-order valence-electron chi connectivity index (χ0n) is 14.2. The van der Waals surface area contributed by atoms with E-state index in [1.807, 2.05) is 13.0 Å². The van der Waals surface area contributed by atoms with Crippen LogP contribution in [0.25, 0.3) is 5.69 Å². The molecule has 132 valence electrons. The average Bonchev–Trinajstić information content (AvgIpc) is 3.13. The molecule has 0 aliphatic heterocycles. The number of aromatic nitrogens is 2. The molecule has 0 aliphatic carbocycles. The van der Waals surface area contributed by atoms with Gasteiger partial charge in [-0.1, -0.05) is 12.1 Å². The molecule has 0 saturated carbocycles. The molecule has 26 heavy (non-hydrogen) atoms. The van der Waals surface area contributed by atoms with Crippen LogP contribution in [0.3, 0.4) is 0 Å². The lowest BCUT2D eigenvalue weighted by Crippen LogP contribution is -2.14. The molecule has 1 heterocycles. The van der Waals surface area contributed by atoms with Crippen LogP contribution in [-0.2, 0) is 0 Å². The Balaban J connectivity index is 1.75. The lowest BCUT2D eigenvalue weighted by molar-refractivity contribution is 0.0992. The van der Waals surface area contributed by atoms with Gasteiger partial charge in [0.1, 0.15) is 11.4 Å². The standard InChI is InChI=1S/C19H18N4O3/c1-2-26-17-6-4-3-5-15(17)19(25)21-13-7-9-14(10-8-13)23-12-11-16(22-23)18(20)24/h3-12H,2H2,1H3,(H2,20,24)(H,21,25). The van der Waals surface area contributed by atoms with E-state index in [1.54, 1.807) is 54.7 Å². The van der Waals surface area contributed by atoms with E-state index in [-0.39, 0.29) is 11.6 Å². The van der Waals surface area contributed by atoms with E-state index in [9.17, 15) is 9.59 Å². The van der Waals surface area contributed by atoms with E-state index < -0.39 is 5.91 Å². The largest absolute Gasteiger partial charge is 0.493 e. The first-order valence-electron chi connectivity index (χ1n) is 8.07. The summed E-state index contributed by atoms with van der Waals surface area (Å²) >= 11 is 0. The topological polar surface area (TPSA) is 99.2 Å². The Hall–Kier alpha value is -3.61. The highest BCUT2D eigenvalue weighted by Gasteiger charge is 2.12. The van der Waals surface area contributed by atoms with Crippen molar-refractivity contribution in [3.63, 3.8) is 0 Å². The second kappa shape index (κ2) is 7.52. The van der Waals surface area contributed by atoms with Crippen molar-refractivity contribution in [2.75, 3.05) is 11.9 Å². The fraction of sp³-hybridized carbons (Fsp3) is 0.105. The molecule has 3 aromatic rings. The lowest BCUT2D eigenvalue weighted by atomic mass is 10.2. The van der Waals surface area contributed by atoms with Gasteiger partial charge in [0.2, 0.25) is 0 Å². The van der Waals surface area contributed by atoms with Gasteiger partial charge in [0.15, 0.2) is 0 Å². The third-order valence-corrected chi connectivity index (χ3v) is 3.66. The minimum Gasteiger partial charge on any atom is -0.493 e. The summed E-state index contributed by atoms with van der Waals surface area (Å²) in [5, 5.41) is 6.92. The highest BCUT2D eigenvalue weighted by Crippen LogP contribution is 2.20. The van der Waals surface area contributed by atoms with Crippen molar-refractivity contribution in [2.45, 2.75) is 6.92 Å². The molecule has 2 aromatic carbocycles. The van der Waals surface area contributed by atoms with E-state index in [4.69, 9.17) is 10.5 Å². The third-order valence-electron chi connectivity index (χ3n) is 3.66. The summed E-state index contributed by atoms with van der Waals surface area (Å²) in [5.41, 5.74) is 7.23. The summed E-state index contributed by atoms with van der Waals surface area (Å²) in [5.74, 6) is -0.294. The molecular weight excluding hydrogens is 332 g/mol. The van der Waals surface area contributed by atoms with Gasteiger partial charge in [-0.05, 0) is 49.4 Å². The fourth-order valence-corrected chi connectivity index (χ4v) is 2.43. The van der Waals surface area contributed by atoms with Crippen LogP contribution in [0.1, 0.15) is 27.8 Å².